The van der Waals surface area contributed by atoms with Gasteiger partial charge in [0.2, 0.25) is 0 Å². The second-order valence-corrected chi connectivity index (χ2v) is 5.56. The molecule has 128 valence electrons. The summed E-state index contributed by atoms with van der Waals surface area (Å²) in [6.45, 7) is 0. The van der Waals surface area contributed by atoms with Gasteiger partial charge in [0, 0.05) is 11.2 Å². The third kappa shape index (κ3) is 3.68. The van der Waals surface area contributed by atoms with Crippen molar-refractivity contribution in [2.75, 3.05) is 19.1 Å². The van der Waals surface area contributed by atoms with Gasteiger partial charge in [-0.2, -0.15) is 5.26 Å². The SMILES string of the molecule is COC(=O)C1=C(C(=O)OC)N(c2c(Cl)cc(Cl)cc2C#N)C=CC=C1. The second-order valence-electron chi connectivity index (χ2n) is 4.71. The predicted octanol–water partition coefficient (Wildman–Crippen LogP) is 3.36. The van der Waals surface area contributed by atoms with Crippen LogP contribution in [0.3, 0.4) is 0 Å². The number of benzene rings is 1. The van der Waals surface area contributed by atoms with Crippen LogP contribution in [0, 0.1) is 11.3 Å². The first kappa shape index (κ1) is 18.6. The third-order valence-electron chi connectivity index (χ3n) is 3.28. The zero-order chi connectivity index (χ0) is 18.6. The number of allylic oxidation sites excluding steroid dienone is 2. The molecular formula is C17H12Cl2N2O4. The summed E-state index contributed by atoms with van der Waals surface area (Å²) in [5, 5.41) is 9.80. The van der Waals surface area contributed by atoms with Crippen molar-refractivity contribution in [1.82, 2.24) is 0 Å². The lowest BCUT2D eigenvalue weighted by Crippen LogP contribution is -2.27. The number of nitriles is 1. The fraction of sp³-hybridized carbons (Fsp3) is 0.118. The number of rotatable bonds is 3. The Hall–Kier alpha value is -2.75. The van der Waals surface area contributed by atoms with E-state index in [1.165, 1.54) is 43.5 Å². The van der Waals surface area contributed by atoms with E-state index in [2.05, 4.69) is 0 Å². The third-order valence-corrected chi connectivity index (χ3v) is 3.79. The number of esters is 2. The lowest BCUT2D eigenvalue weighted by atomic mass is 10.1. The minimum absolute atomic E-state index is 0.0470. The zero-order valence-corrected chi connectivity index (χ0v) is 14.8. The molecule has 0 saturated carbocycles. The van der Waals surface area contributed by atoms with Crippen LogP contribution in [0.4, 0.5) is 5.69 Å². The summed E-state index contributed by atoms with van der Waals surface area (Å²) in [6.07, 6.45) is 6.01. The zero-order valence-electron chi connectivity index (χ0n) is 13.2. The molecular weight excluding hydrogens is 367 g/mol. The molecule has 0 bridgehead atoms. The Bertz CT molecular complexity index is 866. The van der Waals surface area contributed by atoms with Crippen LogP contribution >= 0.6 is 23.2 Å². The molecule has 1 heterocycles. The van der Waals surface area contributed by atoms with E-state index in [-0.39, 0.29) is 32.6 Å². The van der Waals surface area contributed by atoms with Crippen molar-refractivity contribution in [3.05, 3.63) is 63.4 Å². The molecule has 0 fully saturated rings. The highest BCUT2D eigenvalue weighted by molar-refractivity contribution is 6.37. The van der Waals surface area contributed by atoms with Gasteiger partial charge < -0.3 is 14.4 Å². The first-order chi connectivity index (χ1) is 11.9. The van der Waals surface area contributed by atoms with Gasteiger partial charge in [0.15, 0.2) is 0 Å². The average molecular weight is 379 g/mol. The first-order valence-corrected chi connectivity index (χ1v) is 7.64. The van der Waals surface area contributed by atoms with Crippen molar-refractivity contribution in [2.24, 2.45) is 0 Å². The maximum atomic E-state index is 12.4. The van der Waals surface area contributed by atoms with E-state index < -0.39 is 11.9 Å². The Balaban J connectivity index is 2.81. The summed E-state index contributed by atoms with van der Waals surface area (Å²) >= 11 is 12.2. The molecule has 0 saturated heterocycles. The second kappa shape index (κ2) is 7.88. The summed E-state index contributed by atoms with van der Waals surface area (Å²) in [4.78, 5) is 25.8. The lowest BCUT2D eigenvalue weighted by molar-refractivity contribution is -0.139. The summed E-state index contributed by atoms with van der Waals surface area (Å²) in [7, 11) is 2.37. The van der Waals surface area contributed by atoms with Gasteiger partial charge in [0.05, 0.1) is 36.1 Å². The van der Waals surface area contributed by atoms with Crippen LogP contribution in [-0.2, 0) is 19.1 Å². The van der Waals surface area contributed by atoms with Crippen LogP contribution in [0.15, 0.2) is 47.8 Å². The number of carbonyl (C=O) groups is 2. The molecule has 0 N–H and O–H groups in total. The average Bonchev–Trinajstić information content (AvgIpc) is 2.82. The predicted molar refractivity (Wildman–Crippen MR) is 93.0 cm³/mol. The number of halogens is 2. The van der Waals surface area contributed by atoms with Crippen LogP contribution in [0.5, 0.6) is 0 Å². The normalized spacial score (nSPS) is 13.3. The number of methoxy groups -OCH3 is 2. The Labute approximate surface area is 154 Å². The number of anilines is 1. The molecule has 1 aromatic rings. The number of hydrogen-bond acceptors (Lipinski definition) is 6. The molecule has 0 atom stereocenters. The summed E-state index contributed by atoms with van der Waals surface area (Å²) in [5.41, 5.74) is 0.124. The molecule has 1 aliphatic heterocycles. The lowest BCUT2D eigenvalue weighted by Gasteiger charge is -2.25. The van der Waals surface area contributed by atoms with Crippen molar-refractivity contribution in [1.29, 1.82) is 5.26 Å². The number of hydrogen-bond donors (Lipinski definition) is 0. The van der Waals surface area contributed by atoms with Gasteiger partial charge in [-0.05, 0) is 24.3 Å². The molecule has 1 aromatic carbocycles. The van der Waals surface area contributed by atoms with E-state index in [1.54, 1.807) is 12.2 Å². The van der Waals surface area contributed by atoms with E-state index in [0.717, 1.165) is 0 Å². The van der Waals surface area contributed by atoms with E-state index >= 15 is 0 Å². The van der Waals surface area contributed by atoms with Gasteiger partial charge in [0.25, 0.3) is 0 Å². The van der Waals surface area contributed by atoms with E-state index in [1.807, 2.05) is 6.07 Å². The molecule has 25 heavy (non-hydrogen) atoms. The highest BCUT2D eigenvalue weighted by Crippen LogP contribution is 2.37. The van der Waals surface area contributed by atoms with Crippen molar-refractivity contribution < 1.29 is 19.1 Å². The van der Waals surface area contributed by atoms with Gasteiger partial charge in [0.1, 0.15) is 11.8 Å². The maximum absolute atomic E-state index is 12.4. The number of nitrogens with zero attached hydrogens (tertiary/aromatic N) is 2. The summed E-state index contributed by atoms with van der Waals surface area (Å²) < 4.78 is 9.52. The minimum Gasteiger partial charge on any atom is -0.465 e. The summed E-state index contributed by atoms with van der Waals surface area (Å²) in [6, 6.07) is 4.81. The minimum atomic E-state index is -0.800. The molecule has 0 aromatic heterocycles. The van der Waals surface area contributed by atoms with Crippen molar-refractivity contribution in [3.8, 4) is 6.07 Å². The van der Waals surface area contributed by atoms with Crippen LogP contribution in [0.2, 0.25) is 10.0 Å². The van der Waals surface area contributed by atoms with Gasteiger partial charge >= 0.3 is 11.9 Å². The van der Waals surface area contributed by atoms with Crippen LogP contribution in [0.1, 0.15) is 5.56 Å². The van der Waals surface area contributed by atoms with E-state index in [9.17, 15) is 14.9 Å². The van der Waals surface area contributed by atoms with Crippen molar-refractivity contribution >= 4 is 40.8 Å². The fourth-order valence-electron chi connectivity index (χ4n) is 2.23. The van der Waals surface area contributed by atoms with Gasteiger partial charge in [-0.15, -0.1) is 0 Å². The molecule has 0 aliphatic carbocycles. The van der Waals surface area contributed by atoms with Gasteiger partial charge in [-0.1, -0.05) is 29.3 Å². The number of carbonyl (C=O) groups excluding carboxylic acids is 2. The van der Waals surface area contributed by atoms with Crippen LogP contribution in [-0.4, -0.2) is 26.2 Å². The first-order valence-electron chi connectivity index (χ1n) is 6.88. The molecule has 6 nitrogen and oxygen atoms in total. The smallest absolute Gasteiger partial charge is 0.355 e. The molecule has 2 rings (SSSR count). The largest absolute Gasteiger partial charge is 0.465 e. The van der Waals surface area contributed by atoms with Crippen LogP contribution < -0.4 is 4.90 Å². The van der Waals surface area contributed by atoms with E-state index in [4.69, 9.17) is 32.7 Å². The Kier molecular flexibility index (Phi) is 5.86. The molecule has 0 unspecified atom stereocenters. The van der Waals surface area contributed by atoms with Crippen LogP contribution in [0.25, 0.3) is 0 Å². The summed E-state index contributed by atoms with van der Waals surface area (Å²) in [5.74, 6) is -1.54. The van der Waals surface area contributed by atoms with Gasteiger partial charge in [-0.25, -0.2) is 9.59 Å². The molecule has 1 aliphatic rings. The Morgan fingerprint density at radius 3 is 2.40 bits per heavy atom. The molecule has 8 heteroatoms. The van der Waals surface area contributed by atoms with E-state index in [0.29, 0.717) is 0 Å². The Morgan fingerprint density at radius 2 is 1.80 bits per heavy atom. The van der Waals surface area contributed by atoms with Crippen molar-refractivity contribution in [3.63, 3.8) is 0 Å². The highest BCUT2D eigenvalue weighted by Gasteiger charge is 2.30. The van der Waals surface area contributed by atoms with Gasteiger partial charge in [-0.3, -0.25) is 0 Å². The monoisotopic (exact) mass is 378 g/mol. The van der Waals surface area contributed by atoms with Crippen molar-refractivity contribution in [2.45, 2.75) is 0 Å². The molecule has 0 spiro atoms. The fourth-order valence-corrected chi connectivity index (χ4v) is 2.82. The molecule has 0 radical (unpaired) electrons. The Morgan fingerprint density at radius 1 is 1.12 bits per heavy atom. The highest BCUT2D eigenvalue weighted by atomic mass is 35.5. The molecule has 0 amide bonds. The topological polar surface area (TPSA) is 79.6 Å². The standard InChI is InChI=1S/C17H12Cl2N2O4/c1-24-16(22)12-5-3-4-6-21(15(12)17(23)25-2)14-10(9-20)7-11(18)8-13(14)19/h3-8H,1-2H3. The maximum Gasteiger partial charge on any atom is 0.355 e. The quantitative estimate of drug-likeness (QED) is 0.750. The number of ether oxygens (including phenoxy) is 2.